The Bertz CT molecular complexity index is 487. The third kappa shape index (κ3) is 2.58. The summed E-state index contributed by atoms with van der Waals surface area (Å²) < 4.78 is 2.61. The van der Waals surface area contributed by atoms with E-state index in [-0.39, 0.29) is 11.3 Å². The molecule has 0 amide bonds. The monoisotopic (exact) mass is 341 g/mol. The highest BCUT2D eigenvalue weighted by molar-refractivity contribution is 9.10. The number of hydrogen-bond acceptors (Lipinski definition) is 3. The summed E-state index contributed by atoms with van der Waals surface area (Å²) in [5, 5.41) is 4.29. The van der Waals surface area contributed by atoms with Crippen molar-refractivity contribution in [3.63, 3.8) is 0 Å². The maximum absolute atomic E-state index is 13.2. The maximum atomic E-state index is 13.2. The van der Waals surface area contributed by atoms with Gasteiger partial charge in [0, 0.05) is 6.54 Å². The van der Waals surface area contributed by atoms with Crippen LogP contribution in [0, 0.1) is 5.92 Å². The first-order valence-electron chi connectivity index (χ1n) is 7.36. The third-order valence-corrected chi connectivity index (χ3v) is 5.27. The molecule has 0 aromatic carbocycles. The number of halogens is 1. The van der Waals surface area contributed by atoms with E-state index in [4.69, 9.17) is 0 Å². The molecule has 1 aromatic rings. The summed E-state index contributed by atoms with van der Waals surface area (Å²) in [5.74, 6) is 0.927. The van der Waals surface area contributed by atoms with E-state index in [0.29, 0.717) is 6.54 Å². The summed E-state index contributed by atoms with van der Waals surface area (Å²) in [7, 11) is 4.04. The van der Waals surface area contributed by atoms with Gasteiger partial charge in [0.1, 0.15) is 5.69 Å². The van der Waals surface area contributed by atoms with E-state index in [1.807, 2.05) is 21.0 Å². The Kier molecular flexibility index (Phi) is 4.69. The van der Waals surface area contributed by atoms with Gasteiger partial charge in [-0.1, -0.05) is 6.92 Å². The lowest BCUT2D eigenvalue weighted by Crippen LogP contribution is -2.53. The quantitative estimate of drug-likeness (QED) is 0.788. The number of likely N-dealkylation sites (N-methyl/N-ethyl adjacent to an activating group) is 1. The Morgan fingerprint density at radius 3 is 2.60 bits per heavy atom. The van der Waals surface area contributed by atoms with Crippen LogP contribution in [-0.4, -0.2) is 40.1 Å². The lowest BCUT2D eigenvalue weighted by Gasteiger charge is -2.43. The minimum Gasteiger partial charge on any atom is -0.297 e. The van der Waals surface area contributed by atoms with Crippen LogP contribution in [-0.2, 0) is 6.54 Å². The summed E-state index contributed by atoms with van der Waals surface area (Å²) in [6.45, 7) is 5.00. The van der Waals surface area contributed by atoms with E-state index >= 15 is 0 Å². The van der Waals surface area contributed by atoms with Crippen molar-refractivity contribution in [2.75, 3.05) is 14.1 Å². The predicted octanol–water partition coefficient (Wildman–Crippen LogP) is 3.36. The average molecular weight is 342 g/mol. The molecule has 1 aliphatic rings. The Balaban J connectivity index is 2.39. The van der Waals surface area contributed by atoms with Crippen LogP contribution in [0.4, 0.5) is 0 Å². The van der Waals surface area contributed by atoms with Gasteiger partial charge in [-0.05, 0) is 68.6 Å². The molecule has 20 heavy (non-hydrogen) atoms. The fourth-order valence-corrected chi connectivity index (χ4v) is 3.64. The molecule has 0 saturated heterocycles. The molecule has 4 nitrogen and oxygen atoms in total. The van der Waals surface area contributed by atoms with Gasteiger partial charge < -0.3 is 0 Å². The highest BCUT2D eigenvalue weighted by Crippen LogP contribution is 2.38. The standard InChI is InChI=1S/C15H24BrN3O/c1-5-19-13(12(16)10-17-19)14(20)15(18(3)4)8-6-11(2)7-9-15/h10-11H,5-9H2,1-4H3. The highest BCUT2D eigenvalue weighted by atomic mass is 79.9. The van der Waals surface area contributed by atoms with Crippen LogP contribution in [0.25, 0.3) is 0 Å². The second-order valence-electron chi connectivity index (χ2n) is 6.09. The predicted molar refractivity (Wildman–Crippen MR) is 84.0 cm³/mol. The van der Waals surface area contributed by atoms with E-state index in [0.717, 1.165) is 41.8 Å². The van der Waals surface area contributed by atoms with Gasteiger partial charge in [-0.15, -0.1) is 0 Å². The molecule has 1 aliphatic carbocycles. The number of aryl methyl sites for hydroxylation is 1. The van der Waals surface area contributed by atoms with Crippen LogP contribution in [0.2, 0.25) is 0 Å². The molecule has 1 heterocycles. The molecule has 0 unspecified atom stereocenters. The number of ketones is 1. The molecule has 0 atom stereocenters. The fourth-order valence-electron chi connectivity index (χ4n) is 3.17. The molecule has 1 aromatic heterocycles. The number of aromatic nitrogens is 2. The first-order valence-corrected chi connectivity index (χ1v) is 8.15. The Morgan fingerprint density at radius 1 is 1.50 bits per heavy atom. The fraction of sp³-hybridized carbons (Fsp3) is 0.733. The molecular weight excluding hydrogens is 318 g/mol. The maximum Gasteiger partial charge on any atom is 0.202 e. The SMILES string of the molecule is CCn1ncc(Br)c1C(=O)C1(N(C)C)CCC(C)CC1. The first kappa shape index (κ1) is 15.7. The average Bonchev–Trinajstić information content (AvgIpc) is 2.79. The van der Waals surface area contributed by atoms with Crippen LogP contribution in [0.1, 0.15) is 50.0 Å². The minimum atomic E-state index is -0.373. The normalized spacial score (nSPS) is 27.0. The zero-order valence-corrected chi connectivity index (χ0v) is 14.4. The van der Waals surface area contributed by atoms with Gasteiger partial charge in [-0.3, -0.25) is 14.4 Å². The number of carbonyl (C=O) groups excluding carboxylic acids is 1. The van der Waals surface area contributed by atoms with Crippen molar-refractivity contribution in [2.45, 2.75) is 51.6 Å². The summed E-state index contributed by atoms with van der Waals surface area (Å²) in [5.41, 5.74) is 0.345. The topological polar surface area (TPSA) is 38.1 Å². The van der Waals surface area contributed by atoms with Gasteiger partial charge in [0.25, 0.3) is 0 Å². The van der Waals surface area contributed by atoms with Crippen molar-refractivity contribution in [3.05, 3.63) is 16.4 Å². The van der Waals surface area contributed by atoms with Crippen LogP contribution in [0.3, 0.4) is 0 Å². The van der Waals surface area contributed by atoms with Crippen molar-refractivity contribution < 1.29 is 4.79 Å². The highest BCUT2D eigenvalue weighted by Gasteiger charge is 2.44. The second kappa shape index (κ2) is 5.98. The lowest BCUT2D eigenvalue weighted by molar-refractivity contribution is 0.0501. The smallest absolute Gasteiger partial charge is 0.202 e. The van der Waals surface area contributed by atoms with E-state index in [1.165, 1.54) is 0 Å². The van der Waals surface area contributed by atoms with Gasteiger partial charge in [-0.2, -0.15) is 5.10 Å². The van der Waals surface area contributed by atoms with Crippen molar-refractivity contribution in [2.24, 2.45) is 5.92 Å². The summed E-state index contributed by atoms with van der Waals surface area (Å²) in [6.07, 6.45) is 5.82. The first-order chi connectivity index (χ1) is 9.42. The van der Waals surface area contributed by atoms with E-state index in [9.17, 15) is 4.79 Å². The summed E-state index contributed by atoms with van der Waals surface area (Å²) in [4.78, 5) is 15.3. The molecule has 2 rings (SSSR count). The molecule has 0 spiro atoms. The van der Waals surface area contributed by atoms with Crippen LogP contribution >= 0.6 is 15.9 Å². The molecule has 0 radical (unpaired) electrons. The summed E-state index contributed by atoms with van der Waals surface area (Å²) in [6, 6.07) is 0. The molecule has 1 saturated carbocycles. The molecule has 1 fully saturated rings. The van der Waals surface area contributed by atoms with Gasteiger partial charge in [0.05, 0.1) is 16.2 Å². The van der Waals surface area contributed by atoms with E-state index in [2.05, 4.69) is 32.9 Å². The number of nitrogens with zero attached hydrogens (tertiary/aromatic N) is 3. The third-order valence-electron chi connectivity index (χ3n) is 4.69. The van der Waals surface area contributed by atoms with Gasteiger partial charge in [0.2, 0.25) is 5.78 Å². The number of Topliss-reactive ketones (excluding diaryl/α,β-unsaturated/α-hetero) is 1. The molecule has 0 aliphatic heterocycles. The van der Waals surface area contributed by atoms with Gasteiger partial charge in [0.15, 0.2) is 0 Å². The molecular formula is C15H24BrN3O. The molecule has 112 valence electrons. The van der Waals surface area contributed by atoms with Crippen molar-refractivity contribution in [3.8, 4) is 0 Å². The zero-order valence-electron chi connectivity index (χ0n) is 12.8. The van der Waals surface area contributed by atoms with Crippen molar-refractivity contribution >= 4 is 21.7 Å². The second-order valence-corrected chi connectivity index (χ2v) is 6.95. The van der Waals surface area contributed by atoms with E-state index in [1.54, 1.807) is 10.9 Å². The van der Waals surface area contributed by atoms with Crippen LogP contribution < -0.4 is 0 Å². The molecule has 0 N–H and O–H groups in total. The Morgan fingerprint density at radius 2 is 2.10 bits per heavy atom. The summed E-state index contributed by atoms with van der Waals surface area (Å²) >= 11 is 3.49. The molecule has 0 bridgehead atoms. The van der Waals surface area contributed by atoms with Crippen LogP contribution in [0.5, 0.6) is 0 Å². The molecule has 5 heteroatoms. The van der Waals surface area contributed by atoms with Crippen molar-refractivity contribution in [1.82, 2.24) is 14.7 Å². The van der Waals surface area contributed by atoms with Crippen molar-refractivity contribution in [1.29, 1.82) is 0 Å². The number of hydrogen-bond donors (Lipinski definition) is 0. The number of rotatable bonds is 4. The minimum absolute atomic E-state index is 0.209. The Labute approximate surface area is 129 Å². The largest absolute Gasteiger partial charge is 0.297 e. The van der Waals surface area contributed by atoms with Crippen LogP contribution in [0.15, 0.2) is 10.7 Å². The van der Waals surface area contributed by atoms with E-state index < -0.39 is 0 Å². The van der Waals surface area contributed by atoms with Gasteiger partial charge >= 0.3 is 0 Å². The Hall–Kier alpha value is -0.680. The van der Waals surface area contributed by atoms with Gasteiger partial charge in [-0.25, -0.2) is 0 Å². The lowest BCUT2D eigenvalue weighted by atomic mass is 9.73. The zero-order chi connectivity index (χ0) is 14.9. The number of carbonyl (C=O) groups is 1.